The average Bonchev–Trinajstić information content (AvgIpc) is 3.21. The number of hydrogen-bond acceptors (Lipinski definition) is 4. The van der Waals surface area contributed by atoms with Gasteiger partial charge < -0.3 is 14.2 Å². The van der Waals surface area contributed by atoms with Gasteiger partial charge in [-0.1, -0.05) is 18.2 Å². The minimum Gasteiger partial charge on any atom is -0.490 e. The molecular weight excluding hydrogens is 374 g/mol. The molecule has 5 rings (SSSR count). The van der Waals surface area contributed by atoms with Gasteiger partial charge in [0.2, 0.25) is 0 Å². The van der Waals surface area contributed by atoms with Crippen molar-refractivity contribution in [2.24, 2.45) is 11.4 Å². The Labute approximate surface area is 164 Å². The summed E-state index contributed by atoms with van der Waals surface area (Å²) in [4.78, 5) is 2.37. The number of amidine groups is 1. The van der Waals surface area contributed by atoms with Crippen molar-refractivity contribution < 1.29 is 13.2 Å². The predicted molar refractivity (Wildman–Crippen MR) is 108 cm³/mol. The lowest BCUT2D eigenvalue weighted by atomic mass is 10.1. The normalized spacial score (nSPS) is 18.9. The number of ether oxygens (including phenoxy) is 1. The second kappa shape index (κ2) is 6.38. The topological polar surface area (TPSA) is 63.9 Å². The van der Waals surface area contributed by atoms with Crippen LogP contribution in [0.15, 0.2) is 64.0 Å². The Morgan fingerprint density at radius 3 is 2.64 bits per heavy atom. The van der Waals surface area contributed by atoms with E-state index in [4.69, 9.17) is 4.74 Å². The van der Waals surface area contributed by atoms with Crippen molar-refractivity contribution in [2.45, 2.75) is 23.8 Å². The highest BCUT2D eigenvalue weighted by atomic mass is 32.2. The standard InChI is InChI=1S/C21H21N3O3S/c1-23-12-11-16-18(23)6-4-7-19(16)27-15-9-13-24(14-10-15)21-17-5-2-3-8-20(17)28(25,26)22-21/h2-8,11-12,15H,9-10,13-14H2,1H3. The monoisotopic (exact) mass is 395 g/mol. The van der Waals surface area contributed by atoms with Crippen LogP contribution >= 0.6 is 0 Å². The lowest BCUT2D eigenvalue weighted by molar-refractivity contribution is 0.133. The Kier molecular flexibility index (Phi) is 3.94. The van der Waals surface area contributed by atoms with Crippen LogP contribution in [0.25, 0.3) is 10.9 Å². The third-order valence-corrected chi connectivity index (χ3v) is 6.86. The Balaban J connectivity index is 1.32. The summed E-state index contributed by atoms with van der Waals surface area (Å²) in [5.74, 6) is 1.47. The third-order valence-electron chi connectivity index (χ3n) is 5.54. The molecule has 0 radical (unpaired) electrons. The summed E-state index contributed by atoms with van der Waals surface area (Å²) in [7, 11) is -1.55. The van der Waals surface area contributed by atoms with Gasteiger partial charge in [0, 0.05) is 50.1 Å². The number of rotatable bonds is 2. The largest absolute Gasteiger partial charge is 0.490 e. The Hall–Kier alpha value is -2.80. The SMILES string of the molecule is Cn1ccc2c(OC3CCN(C4=NS(=O)(=O)c5ccccc54)CC3)cccc21. The minimum atomic E-state index is -3.58. The summed E-state index contributed by atoms with van der Waals surface area (Å²) < 4.78 is 37.0. The molecule has 0 N–H and O–H groups in total. The molecule has 0 saturated carbocycles. The van der Waals surface area contributed by atoms with Crippen LogP contribution < -0.4 is 4.74 Å². The van der Waals surface area contributed by atoms with Gasteiger partial charge in [-0.05, 0) is 30.3 Å². The van der Waals surface area contributed by atoms with Gasteiger partial charge in [-0.15, -0.1) is 4.40 Å². The molecule has 2 aliphatic heterocycles. The van der Waals surface area contributed by atoms with Gasteiger partial charge in [-0.2, -0.15) is 8.42 Å². The molecule has 0 aliphatic carbocycles. The summed E-state index contributed by atoms with van der Waals surface area (Å²) in [5.41, 5.74) is 1.85. The molecule has 0 spiro atoms. The number of hydrogen-bond donors (Lipinski definition) is 0. The molecule has 1 aromatic heterocycles. The number of nitrogens with zero attached hydrogens (tertiary/aromatic N) is 3. The number of piperidine rings is 1. The lowest BCUT2D eigenvalue weighted by Crippen LogP contribution is -2.41. The molecule has 1 fully saturated rings. The van der Waals surface area contributed by atoms with E-state index in [1.54, 1.807) is 12.1 Å². The van der Waals surface area contributed by atoms with Gasteiger partial charge in [0.05, 0.1) is 5.52 Å². The van der Waals surface area contributed by atoms with Crippen LogP contribution in [-0.2, 0) is 17.1 Å². The minimum absolute atomic E-state index is 0.107. The van der Waals surface area contributed by atoms with E-state index in [2.05, 4.69) is 26.0 Å². The summed E-state index contributed by atoms with van der Waals surface area (Å²) >= 11 is 0. The van der Waals surface area contributed by atoms with E-state index in [0.29, 0.717) is 16.3 Å². The number of aromatic nitrogens is 1. The van der Waals surface area contributed by atoms with Gasteiger partial charge in [-0.3, -0.25) is 0 Å². The first-order valence-corrected chi connectivity index (χ1v) is 10.9. The molecule has 0 amide bonds. The van der Waals surface area contributed by atoms with Crippen LogP contribution in [0.4, 0.5) is 0 Å². The molecule has 0 unspecified atom stereocenters. The molecule has 6 nitrogen and oxygen atoms in total. The Bertz CT molecular complexity index is 1190. The van der Waals surface area contributed by atoms with Crippen molar-refractivity contribution in [1.29, 1.82) is 0 Å². The van der Waals surface area contributed by atoms with Crippen molar-refractivity contribution in [3.05, 3.63) is 60.3 Å². The van der Waals surface area contributed by atoms with Gasteiger partial charge in [0.15, 0.2) is 5.84 Å². The molecule has 144 valence electrons. The van der Waals surface area contributed by atoms with Crippen LogP contribution in [-0.4, -0.2) is 42.9 Å². The molecule has 3 aromatic rings. The van der Waals surface area contributed by atoms with Crippen LogP contribution in [0.3, 0.4) is 0 Å². The Morgan fingerprint density at radius 1 is 1.04 bits per heavy atom. The molecule has 7 heteroatoms. The van der Waals surface area contributed by atoms with Crippen LogP contribution in [0.1, 0.15) is 18.4 Å². The van der Waals surface area contributed by atoms with Gasteiger partial charge in [-0.25, -0.2) is 0 Å². The average molecular weight is 395 g/mol. The zero-order chi connectivity index (χ0) is 19.3. The quantitative estimate of drug-likeness (QED) is 0.669. The zero-order valence-corrected chi connectivity index (χ0v) is 16.4. The Morgan fingerprint density at radius 2 is 1.82 bits per heavy atom. The predicted octanol–water partition coefficient (Wildman–Crippen LogP) is 3.17. The first-order valence-electron chi connectivity index (χ1n) is 9.43. The number of likely N-dealkylation sites (tertiary alicyclic amines) is 1. The maximum Gasteiger partial charge on any atom is 0.285 e. The molecule has 0 bridgehead atoms. The molecule has 2 aliphatic rings. The summed E-state index contributed by atoms with van der Waals surface area (Å²) in [6, 6.07) is 15.2. The first-order chi connectivity index (χ1) is 13.5. The van der Waals surface area contributed by atoms with E-state index in [1.165, 1.54) is 0 Å². The van der Waals surface area contributed by atoms with Crippen LogP contribution in [0.5, 0.6) is 5.75 Å². The van der Waals surface area contributed by atoms with Crippen molar-refractivity contribution in [2.75, 3.05) is 13.1 Å². The smallest absolute Gasteiger partial charge is 0.285 e. The van der Waals surface area contributed by atoms with E-state index in [0.717, 1.165) is 42.6 Å². The highest BCUT2D eigenvalue weighted by Gasteiger charge is 2.33. The van der Waals surface area contributed by atoms with E-state index in [1.807, 2.05) is 37.5 Å². The number of aryl methyl sites for hydroxylation is 1. The number of fused-ring (bicyclic) bond motifs is 2. The molecule has 2 aromatic carbocycles. The van der Waals surface area contributed by atoms with E-state index >= 15 is 0 Å². The summed E-state index contributed by atoms with van der Waals surface area (Å²) in [6.07, 6.45) is 3.79. The maximum atomic E-state index is 12.3. The lowest BCUT2D eigenvalue weighted by Gasteiger charge is -2.33. The molecule has 28 heavy (non-hydrogen) atoms. The van der Waals surface area contributed by atoms with Crippen molar-refractivity contribution in [1.82, 2.24) is 9.47 Å². The highest BCUT2D eigenvalue weighted by Crippen LogP contribution is 2.31. The van der Waals surface area contributed by atoms with Crippen molar-refractivity contribution in [3.63, 3.8) is 0 Å². The van der Waals surface area contributed by atoms with E-state index < -0.39 is 10.0 Å². The van der Waals surface area contributed by atoms with Crippen LogP contribution in [0.2, 0.25) is 0 Å². The van der Waals surface area contributed by atoms with Gasteiger partial charge in [0.1, 0.15) is 16.7 Å². The highest BCUT2D eigenvalue weighted by molar-refractivity contribution is 7.90. The first kappa shape index (κ1) is 17.3. The second-order valence-corrected chi connectivity index (χ2v) is 8.88. The van der Waals surface area contributed by atoms with Crippen LogP contribution in [0, 0.1) is 0 Å². The number of sulfonamides is 1. The second-order valence-electron chi connectivity index (χ2n) is 7.31. The fraction of sp³-hybridized carbons (Fsp3) is 0.286. The van der Waals surface area contributed by atoms with Gasteiger partial charge >= 0.3 is 0 Å². The van der Waals surface area contributed by atoms with Crippen molar-refractivity contribution >= 4 is 26.8 Å². The van der Waals surface area contributed by atoms with Crippen molar-refractivity contribution in [3.8, 4) is 5.75 Å². The zero-order valence-electron chi connectivity index (χ0n) is 15.6. The van der Waals surface area contributed by atoms with Gasteiger partial charge in [0.25, 0.3) is 10.0 Å². The fourth-order valence-electron chi connectivity index (χ4n) is 4.06. The van der Waals surface area contributed by atoms with E-state index in [9.17, 15) is 8.42 Å². The third kappa shape index (κ3) is 2.77. The number of benzene rings is 2. The molecular formula is C21H21N3O3S. The molecule has 3 heterocycles. The maximum absolute atomic E-state index is 12.3. The molecule has 1 saturated heterocycles. The summed E-state index contributed by atoms with van der Waals surface area (Å²) in [5, 5.41) is 1.12. The summed E-state index contributed by atoms with van der Waals surface area (Å²) in [6.45, 7) is 1.44. The fourth-order valence-corrected chi connectivity index (χ4v) is 5.29. The molecule has 0 atom stereocenters. The van der Waals surface area contributed by atoms with E-state index in [-0.39, 0.29) is 6.10 Å².